The molecule has 1 aliphatic rings. The van der Waals surface area contributed by atoms with Crippen molar-refractivity contribution < 1.29 is 14.6 Å². The van der Waals surface area contributed by atoms with Gasteiger partial charge in [0, 0.05) is 25.7 Å². The normalized spacial score (nSPS) is 13.8. The van der Waals surface area contributed by atoms with E-state index in [1.165, 1.54) is 5.56 Å². The van der Waals surface area contributed by atoms with E-state index in [9.17, 15) is 4.79 Å². The van der Waals surface area contributed by atoms with Gasteiger partial charge < -0.3 is 14.7 Å². The first kappa shape index (κ1) is 13.7. The molecule has 1 aliphatic heterocycles. The molecule has 104 valence electrons. The Morgan fingerprint density at radius 1 is 1.47 bits per heavy atom. The van der Waals surface area contributed by atoms with Gasteiger partial charge in [0.2, 0.25) is 0 Å². The van der Waals surface area contributed by atoms with E-state index in [-0.39, 0.29) is 0 Å². The number of nitrogens with zero attached hydrogens (tertiary/aromatic N) is 1. The van der Waals surface area contributed by atoms with Crippen molar-refractivity contribution >= 4 is 11.7 Å². The first-order chi connectivity index (χ1) is 8.90. The van der Waals surface area contributed by atoms with Crippen LogP contribution < -0.4 is 9.64 Å². The lowest BCUT2D eigenvalue weighted by Crippen LogP contribution is -2.30. The van der Waals surface area contributed by atoms with E-state index in [0.717, 1.165) is 31.0 Å². The van der Waals surface area contributed by atoms with Crippen LogP contribution in [0.1, 0.15) is 25.8 Å². The zero-order chi connectivity index (χ0) is 14.0. The number of carboxylic acids is 1. The summed E-state index contributed by atoms with van der Waals surface area (Å²) in [5, 5.41) is 9.12. The summed E-state index contributed by atoms with van der Waals surface area (Å²) in [4.78, 5) is 13.2. The Hall–Kier alpha value is -1.71. The van der Waals surface area contributed by atoms with Crippen molar-refractivity contribution in [3.8, 4) is 5.75 Å². The minimum absolute atomic E-state index is 0.617. The van der Waals surface area contributed by atoms with Crippen LogP contribution in [-0.4, -0.2) is 31.3 Å². The second-order valence-corrected chi connectivity index (χ2v) is 5.75. The average molecular weight is 263 g/mol. The van der Waals surface area contributed by atoms with Crippen molar-refractivity contribution in [3.05, 3.63) is 23.8 Å². The smallest absolute Gasteiger partial charge is 0.309 e. The van der Waals surface area contributed by atoms with Gasteiger partial charge in [0.1, 0.15) is 5.75 Å². The van der Waals surface area contributed by atoms with Gasteiger partial charge in [-0.25, -0.2) is 0 Å². The molecule has 19 heavy (non-hydrogen) atoms. The van der Waals surface area contributed by atoms with Gasteiger partial charge in [-0.15, -0.1) is 0 Å². The summed E-state index contributed by atoms with van der Waals surface area (Å²) in [7, 11) is 2.00. The van der Waals surface area contributed by atoms with Crippen LogP contribution in [0.25, 0.3) is 0 Å². The number of carbonyl (C=O) groups is 1. The molecule has 4 nitrogen and oxygen atoms in total. The van der Waals surface area contributed by atoms with E-state index in [1.807, 2.05) is 19.2 Å². The predicted molar refractivity (Wildman–Crippen MR) is 74.9 cm³/mol. The largest absolute Gasteiger partial charge is 0.493 e. The summed E-state index contributed by atoms with van der Waals surface area (Å²) < 4.78 is 5.48. The van der Waals surface area contributed by atoms with Gasteiger partial charge in [-0.05, 0) is 44.0 Å². The highest BCUT2D eigenvalue weighted by Crippen LogP contribution is 2.30. The lowest BCUT2D eigenvalue weighted by Gasteiger charge is -2.25. The third-order valence-electron chi connectivity index (χ3n) is 3.76. The number of rotatable bonds is 5. The van der Waals surface area contributed by atoms with E-state index in [4.69, 9.17) is 9.84 Å². The fourth-order valence-corrected chi connectivity index (χ4v) is 2.09. The summed E-state index contributed by atoms with van der Waals surface area (Å²) in [6.07, 6.45) is 1.57. The van der Waals surface area contributed by atoms with E-state index >= 15 is 0 Å². The van der Waals surface area contributed by atoms with Crippen molar-refractivity contribution in [1.82, 2.24) is 0 Å². The van der Waals surface area contributed by atoms with Gasteiger partial charge in [0.25, 0.3) is 0 Å². The van der Waals surface area contributed by atoms with E-state index in [1.54, 1.807) is 13.8 Å². The van der Waals surface area contributed by atoms with Crippen molar-refractivity contribution in [2.24, 2.45) is 5.41 Å². The average Bonchev–Trinajstić information content (AvgIpc) is 2.82. The minimum Gasteiger partial charge on any atom is -0.493 e. The predicted octanol–water partition coefficient (Wildman–Crippen LogP) is 2.56. The standard InChI is InChI=1S/C15H21NO3/c1-15(2,14(17)18)7-8-16(3)12-4-5-13-11(10-12)6-9-19-13/h4-5,10H,6-9H2,1-3H3,(H,17,18). The SMILES string of the molecule is CN(CCC(C)(C)C(=O)O)c1ccc2c(c1)CCO2. The third kappa shape index (κ3) is 3.00. The molecular formula is C15H21NO3. The molecule has 0 aliphatic carbocycles. The number of fused-ring (bicyclic) bond motifs is 1. The highest BCUT2D eigenvalue weighted by Gasteiger charge is 2.27. The first-order valence-corrected chi connectivity index (χ1v) is 6.60. The Morgan fingerprint density at radius 2 is 2.21 bits per heavy atom. The molecule has 0 amide bonds. The van der Waals surface area contributed by atoms with E-state index in [2.05, 4.69) is 11.0 Å². The summed E-state index contributed by atoms with van der Waals surface area (Å²) in [6.45, 7) is 5.01. The zero-order valence-corrected chi connectivity index (χ0v) is 11.8. The molecule has 2 rings (SSSR count). The molecule has 0 atom stereocenters. The minimum atomic E-state index is -0.747. The molecule has 1 N–H and O–H groups in total. The van der Waals surface area contributed by atoms with Crippen LogP contribution in [0.3, 0.4) is 0 Å². The number of benzene rings is 1. The van der Waals surface area contributed by atoms with Gasteiger partial charge >= 0.3 is 5.97 Å². The lowest BCUT2D eigenvalue weighted by atomic mass is 9.89. The topological polar surface area (TPSA) is 49.8 Å². The zero-order valence-electron chi connectivity index (χ0n) is 11.8. The van der Waals surface area contributed by atoms with Gasteiger partial charge in [-0.1, -0.05) is 0 Å². The molecule has 0 aromatic heterocycles. The highest BCUT2D eigenvalue weighted by molar-refractivity contribution is 5.73. The maximum absolute atomic E-state index is 11.1. The number of aliphatic carboxylic acids is 1. The number of hydrogen-bond acceptors (Lipinski definition) is 3. The van der Waals surface area contributed by atoms with Gasteiger partial charge in [0.05, 0.1) is 12.0 Å². The molecule has 1 aromatic carbocycles. The van der Waals surface area contributed by atoms with Crippen LogP contribution in [0.5, 0.6) is 5.75 Å². The van der Waals surface area contributed by atoms with Crippen LogP contribution in [0.2, 0.25) is 0 Å². The number of ether oxygens (including phenoxy) is 1. The van der Waals surface area contributed by atoms with Crippen LogP contribution in [0.15, 0.2) is 18.2 Å². The molecule has 0 saturated carbocycles. The maximum Gasteiger partial charge on any atom is 0.309 e. The molecule has 0 bridgehead atoms. The summed E-state index contributed by atoms with van der Waals surface area (Å²) in [6, 6.07) is 6.16. The molecular weight excluding hydrogens is 242 g/mol. The molecule has 0 spiro atoms. The van der Waals surface area contributed by atoms with E-state index < -0.39 is 11.4 Å². The Labute approximate surface area is 114 Å². The fourth-order valence-electron chi connectivity index (χ4n) is 2.09. The molecule has 0 radical (unpaired) electrons. The lowest BCUT2D eigenvalue weighted by molar-refractivity contribution is -0.147. The summed E-state index contributed by atoms with van der Waals surface area (Å²) in [5.41, 5.74) is 1.67. The van der Waals surface area contributed by atoms with E-state index in [0.29, 0.717) is 6.42 Å². The van der Waals surface area contributed by atoms with Crippen molar-refractivity contribution in [3.63, 3.8) is 0 Å². The van der Waals surface area contributed by atoms with Crippen molar-refractivity contribution in [1.29, 1.82) is 0 Å². The molecule has 1 aromatic rings. The molecule has 1 heterocycles. The van der Waals surface area contributed by atoms with Crippen LogP contribution >= 0.6 is 0 Å². The van der Waals surface area contributed by atoms with Crippen LogP contribution in [-0.2, 0) is 11.2 Å². The number of hydrogen-bond donors (Lipinski definition) is 1. The quantitative estimate of drug-likeness (QED) is 0.887. The second kappa shape index (κ2) is 5.11. The Kier molecular flexibility index (Phi) is 3.69. The third-order valence-corrected chi connectivity index (χ3v) is 3.76. The highest BCUT2D eigenvalue weighted by atomic mass is 16.5. The first-order valence-electron chi connectivity index (χ1n) is 6.60. The summed E-state index contributed by atoms with van der Waals surface area (Å²) in [5.74, 6) is 0.228. The van der Waals surface area contributed by atoms with Gasteiger partial charge in [-0.2, -0.15) is 0 Å². The Balaban J connectivity index is 2.00. The molecule has 0 saturated heterocycles. The van der Waals surface area contributed by atoms with Crippen LogP contribution in [0.4, 0.5) is 5.69 Å². The second-order valence-electron chi connectivity index (χ2n) is 5.75. The van der Waals surface area contributed by atoms with Gasteiger partial charge in [-0.3, -0.25) is 4.79 Å². The Morgan fingerprint density at radius 3 is 2.89 bits per heavy atom. The molecule has 0 unspecified atom stereocenters. The maximum atomic E-state index is 11.1. The van der Waals surface area contributed by atoms with Crippen molar-refractivity contribution in [2.75, 3.05) is 25.1 Å². The monoisotopic (exact) mass is 263 g/mol. The summed E-state index contributed by atoms with van der Waals surface area (Å²) >= 11 is 0. The Bertz CT molecular complexity index is 482. The number of anilines is 1. The number of carboxylic acid groups (broad SMARTS) is 1. The fraction of sp³-hybridized carbons (Fsp3) is 0.533. The molecule has 0 fully saturated rings. The van der Waals surface area contributed by atoms with Gasteiger partial charge in [0.15, 0.2) is 0 Å². The molecule has 4 heteroatoms. The van der Waals surface area contributed by atoms with Crippen molar-refractivity contribution in [2.45, 2.75) is 26.7 Å². The van der Waals surface area contributed by atoms with Crippen LogP contribution in [0, 0.1) is 5.41 Å².